The number of allylic oxidation sites excluding steroid dienone is 4. The number of halogens is 1. The minimum Gasteiger partial charge on any atom is -1.00 e. The summed E-state index contributed by atoms with van der Waals surface area (Å²) in [5, 5.41) is 3.58. The first-order valence-corrected chi connectivity index (χ1v) is 9.84. The van der Waals surface area contributed by atoms with Crippen molar-refractivity contribution in [1.82, 2.24) is 0 Å². The van der Waals surface area contributed by atoms with Crippen LogP contribution < -0.4 is 22.6 Å². The Bertz CT molecular complexity index is 983. The molecule has 150 valence electrons. The second-order valence-corrected chi connectivity index (χ2v) is 6.78. The average Bonchev–Trinajstić information content (AvgIpc) is 2.80. The fraction of sp³-hybridized carbons (Fsp3) is 0.0370. The summed E-state index contributed by atoms with van der Waals surface area (Å²) >= 11 is 0. The van der Waals surface area contributed by atoms with Gasteiger partial charge in [-0.25, -0.2) is 0 Å². The first kappa shape index (κ1) is 21.2. The van der Waals surface area contributed by atoms with Crippen LogP contribution in [0.4, 0.5) is 17.1 Å². The van der Waals surface area contributed by atoms with Gasteiger partial charge in [0, 0.05) is 23.3 Å². The van der Waals surface area contributed by atoms with Gasteiger partial charge in [0.15, 0.2) is 0 Å². The molecule has 0 fully saturated rings. The number of para-hydroxylation sites is 3. The highest BCUT2D eigenvalue weighted by Crippen LogP contribution is 2.25. The molecular weight excluding hydrogens is 388 g/mol. The molecule has 3 aromatic carbocycles. The maximum atomic E-state index is 3.58. The molecule has 3 aromatic rings. The largest absolute Gasteiger partial charge is 1.00 e. The average molecular weight is 412 g/mol. The standard InChI is InChI=1S/C27H24N2.ClH/c1-4-15-24(16-5-1)28-27-21-11-10-13-23(27)14-12-22-29(25-17-6-2-7-18-25)26-19-8-3-9-20-26;/h1-22,27-28H;1H/p-1. The summed E-state index contributed by atoms with van der Waals surface area (Å²) in [7, 11) is 0. The summed E-state index contributed by atoms with van der Waals surface area (Å²) in [5.74, 6) is 0. The molecule has 4 rings (SSSR count). The zero-order valence-electron chi connectivity index (χ0n) is 16.6. The van der Waals surface area contributed by atoms with Crippen LogP contribution in [-0.2, 0) is 0 Å². The summed E-state index contributed by atoms with van der Waals surface area (Å²) in [6, 6.07) is 31.2. The van der Waals surface area contributed by atoms with Crippen LogP contribution in [0.5, 0.6) is 0 Å². The van der Waals surface area contributed by atoms with Crippen LogP contribution in [0.2, 0.25) is 0 Å². The smallest absolute Gasteiger partial charge is 0.0701 e. The molecular formula is C27H24ClN2-. The molecule has 0 saturated heterocycles. The van der Waals surface area contributed by atoms with Crippen LogP contribution in [0.1, 0.15) is 0 Å². The molecule has 3 heteroatoms. The molecule has 0 saturated carbocycles. The fourth-order valence-corrected chi connectivity index (χ4v) is 3.30. The van der Waals surface area contributed by atoms with Gasteiger partial charge in [0.1, 0.15) is 0 Å². The number of rotatable bonds is 6. The Labute approximate surface area is 185 Å². The quantitative estimate of drug-likeness (QED) is 0.662. The molecule has 0 amide bonds. The summed E-state index contributed by atoms with van der Waals surface area (Å²) in [6.07, 6.45) is 14.9. The van der Waals surface area contributed by atoms with Gasteiger partial charge in [-0.1, -0.05) is 85.0 Å². The van der Waals surface area contributed by atoms with Crippen molar-refractivity contribution in [3.8, 4) is 0 Å². The predicted octanol–water partition coefficient (Wildman–Crippen LogP) is 3.88. The molecule has 1 unspecified atom stereocenters. The van der Waals surface area contributed by atoms with Crippen LogP contribution in [0, 0.1) is 0 Å². The van der Waals surface area contributed by atoms with E-state index in [-0.39, 0.29) is 18.4 Å². The maximum Gasteiger partial charge on any atom is 0.0701 e. The zero-order valence-corrected chi connectivity index (χ0v) is 17.4. The van der Waals surface area contributed by atoms with Crippen LogP contribution in [-0.4, -0.2) is 6.04 Å². The lowest BCUT2D eigenvalue weighted by Crippen LogP contribution is -3.00. The Kier molecular flexibility index (Phi) is 7.71. The number of hydrogen-bond acceptors (Lipinski definition) is 2. The van der Waals surface area contributed by atoms with Crippen LogP contribution in [0.25, 0.3) is 0 Å². The molecule has 0 bridgehead atoms. The molecule has 0 radical (unpaired) electrons. The minimum absolute atomic E-state index is 0. The van der Waals surface area contributed by atoms with Gasteiger partial charge in [0.2, 0.25) is 0 Å². The van der Waals surface area contributed by atoms with E-state index in [1.54, 1.807) is 0 Å². The highest BCUT2D eigenvalue weighted by molar-refractivity contribution is 5.66. The first-order valence-electron chi connectivity index (χ1n) is 9.84. The number of anilines is 3. The maximum absolute atomic E-state index is 3.58. The molecule has 1 aliphatic carbocycles. The Hall–Kier alpha value is -3.49. The van der Waals surface area contributed by atoms with Crippen LogP contribution >= 0.6 is 0 Å². The minimum atomic E-state index is 0. The van der Waals surface area contributed by atoms with Crippen molar-refractivity contribution < 1.29 is 12.4 Å². The van der Waals surface area contributed by atoms with E-state index < -0.39 is 0 Å². The van der Waals surface area contributed by atoms with E-state index in [1.165, 1.54) is 5.57 Å². The van der Waals surface area contributed by atoms with Crippen molar-refractivity contribution in [2.24, 2.45) is 0 Å². The van der Waals surface area contributed by atoms with Gasteiger partial charge in [-0.3, -0.25) is 0 Å². The van der Waals surface area contributed by atoms with Crippen molar-refractivity contribution >= 4 is 17.1 Å². The number of benzene rings is 3. The third-order valence-electron chi connectivity index (χ3n) is 4.75. The lowest BCUT2D eigenvalue weighted by atomic mass is 10.0. The second-order valence-electron chi connectivity index (χ2n) is 6.78. The zero-order chi connectivity index (χ0) is 19.7. The van der Waals surface area contributed by atoms with E-state index in [2.05, 4.69) is 114 Å². The Morgan fingerprint density at radius 3 is 1.87 bits per heavy atom. The van der Waals surface area contributed by atoms with Gasteiger partial charge in [-0.05, 0) is 48.0 Å². The van der Waals surface area contributed by atoms with E-state index >= 15 is 0 Å². The third kappa shape index (κ3) is 5.53. The first-order chi connectivity index (χ1) is 14.4. The summed E-state index contributed by atoms with van der Waals surface area (Å²) in [6.45, 7) is 0. The molecule has 0 aromatic heterocycles. The molecule has 0 heterocycles. The van der Waals surface area contributed by atoms with Crippen molar-refractivity contribution in [2.45, 2.75) is 6.04 Å². The highest BCUT2D eigenvalue weighted by atomic mass is 35.5. The van der Waals surface area contributed by atoms with Gasteiger partial charge < -0.3 is 22.6 Å². The normalized spacial score (nSPS) is 16.4. The second kappa shape index (κ2) is 10.9. The fourth-order valence-electron chi connectivity index (χ4n) is 3.30. The summed E-state index contributed by atoms with van der Waals surface area (Å²) in [4.78, 5) is 2.19. The van der Waals surface area contributed by atoms with Crippen LogP contribution in [0.3, 0.4) is 0 Å². The topological polar surface area (TPSA) is 15.3 Å². The van der Waals surface area contributed by atoms with E-state index in [0.717, 1.165) is 17.1 Å². The third-order valence-corrected chi connectivity index (χ3v) is 4.75. The van der Waals surface area contributed by atoms with E-state index in [9.17, 15) is 0 Å². The lowest BCUT2D eigenvalue weighted by Gasteiger charge is -2.21. The Balaban J connectivity index is 0.00000256. The SMILES string of the molecule is C1=CC(=CC=CN(c2ccccc2)c2ccccc2)C(Nc2ccccc2)C=C1.[Cl-]. The highest BCUT2D eigenvalue weighted by Gasteiger charge is 2.10. The Morgan fingerprint density at radius 1 is 0.700 bits per heavy atom. The number of nitrogens with zero attached hydrogens (tertiary/aromatic N) is 1. The number of nitrogens with one attached hydrogen (secondary N) is 1. The van der Waals surface area contributed by atoms with Gasteiger partial charge >= 0.3 is 0 Å². The molecule has 1 aliphatic rings. The predicted molar refractivity (Wildman–Crippen MR) is 124 cm³/mol. The molecule has 1 atom stereocenters. The molecule has 0 aliphatic heterocycles. The number of hydrogen-bond donors (Lipinski definition) is 1. The van der Waals surface area contributed by atoms with Crippen molar-refractivity contribution in [1.29, 1.82) is 0 Å². The molecule has 1 N–H and O–H groups in total. The van der Waals surface area contributed by atoms with E-state index in [0.29, 0.717) is 0 Å². The van der Waals surface area contributed by atoms with Crippen molar-refractivity contribution in [3.63, 3.8) is 0 Å². The Morgan fingerprint density at radius 2 is 1.27 bits per heavy atom. The monoisotopic (exact) mass is 411 g/mol. The van der Waals surface area contributed by atoms with E-state index in [4.69, 9.17) is 0 Å². The molecule has 2 nitrogen and oxygen atoms in total. The van der Waals surface area contributed by atoms with E-state index in [1.807, 2.05) is 30.3 Å². The van der Waals surface area contributed by atoms with Gasteiger partial charge in [0.25, 0.3) is 0 Å². The van der Waals surface area contributed by atoms with Gasteiger partial charge in [0.05, 0.1) is 6.04 Å². The van der Waals surface area contributed by atoms with Crippen molar-refractivity contribution in [3.05, 3.63) is 139 Å². The summed E-state index contributed by atoms with van der Waals surface area (Å²) in [5.41, 5.74) is 4.59. The van der Waals surface area contributed by atoms with Crippen molar-refractivity contribution in [2.75, 3.05) is 10.2 Å². The summed E-state index contributed by atoms with van der Waals surface area (Å²) < 4.78 is 0. The molecule has 30 heavy (non-hydrogen) atoms. The van der Waals surface area contributed by atoms with Crippen LogP contribution in [0.15, 0.2) is 139 Å². The molecule has 0 spiro atoms. The van der Waals surface area contributed by atoms with Gasteiger partial charge in [-0.2, -0.15) is 0 Å². The lowest BCUT2D eigenvalue weighted by molar-refractivity contribution is -0.00000553. The van der Waals surface area contributed by atoms with Gasteiger partial charge in [-0.15, -0.1) is 0 Å².